The van der Waals surface area contributed by atoms with E-state index in [0.29, 0.717) is 5.11 Å². The number of hydrogen-bond donors (Lipinski definition) is 2. The summed E-state index contributed by atoms with van der Waals surface area (Å²) in [5.41, 5.74) is 5.99. The Kier molecular flexibility index (Phi) is 7.04. The standard InChI is InChI=1S/C28H27N4PS/c34-28(30-23-13-4-1-5-14-23)29-21-12-22-33-31(24-15-6-2-7-16-24)26-19-10-11-20-27(26)32(33)25-17-8-3-9-18-25/h1-11,13-20H,12,21-22H2,(H2,29,30,34). The molecular weight excluding hydrogens is 455 g/mol. The maximum atomic E-state index is 5.50. The van der Waals surface area contributed by atoms with Crippen molar-refractivity contribution < 1.29 is 0 Å². The molecule has 0 spiro atoms. The monoisotopic (exact) mass is 482 g/mol. The van der Waals surface area contributed by atoms with Crippen LogP contribution < -0.4 is 20.0 Å². The first kappa shape index (κ1) is 22.4. The van der Waals surface area contributed by atoms with Crippen LogP contribution in [0.3, 0.4) is 0 Å². The van der Waals surface area contributed by atoms with Crippen LogP contribution in [0.4, 0.5) is 28.4 Å². The second-order valence-electron chi connectivity index (χ2n) is 7.98. The van der Waals surface area contributed by atoms with Gasteiger partial charge in [-0.1, -0.05) is 66.7 Å². The van der Waals surface area contributed by atoms with Gasteiger partial charge in [-0.15, -0.1) is 0 Å². The quantitative estimate of drug-likeness (QED) is 0.160. The zero-order valence-electron chi connectivity index (χ0n) is 18.8. The molecule has 6 heteroatoms. The Morgan fingerprint density at radius 2 is 1.12 bits per heavy atom. The maximum Gasteiger partial charge on any atom is 0.170 e. The minimum Gasteiger partial charge on any atom is -0.362 e. The Bertz CT molecular complexity index is 1150. The first-order valence-corrected chi connectivity index (χ1v) is 13.3. The van der Waals surface area contributed by atoms with E-state index in [1.54, 1.807) is 0 Å². The third kappa shape index (κ3) is 4.91. The van der Waals surface area contributed by atoms with Crippen molar-refractivity contribution in [3.05, 3.63) is 115 Å². The number of thiocarbonyl (C=S) groups is 1. The predicted octanol–water partition coefficient (Wildman–Crippen LogP) is 7.67. The molecule has 0 unspecified atom stereocenters. The van der Waals surface area contributed by atoms with Crippen molar-refractivity contribution >= 4 is 54.0 Å². The van der Waals surface area contributed by atoms with Gasteiger partial charge >= 0.3 is 0 Å². The Balaban J connectivity index is 1.35. The fourth-order valence-electron chi connectivity index (χ4n) is 4.16. The SMILES string of the molecule is S=C(NCCCP1N(c2ccccc2)c2ccccc2N1c1ccccc1)Nc1ccccc1. The average molecular weight is 483 g/mol. The van der Waals surface area contributed by atoms with Gasteiger partial charge < -0.3 is 20.0 Å². The van der Waals surface area contributed by atoms with E-state index >= 15 is 0 Å². The zero-order valence-corrected chi connectivity index (χ0v) is 20.6. The third-order valence-electron chi connectivity index (χ3n) is 5.65. The second kappa shape index (κ2) is 10.7. The van der Waals surface area contributed by atoms with Gasteiger partial charge in [0.25, 0.3) is 0 Å². The first-order chi connectivity index (χ1) is 16.8. The van der Waals surface area contributed by atoms with E-state index < -0.39 is 8.22 Å². The highest BCUT2D eigenvalue weighted by molar-refractivity contribution is 7.80. The van der Waals surface area contributed by atoms with E-state index in [2.05, 4.69) is 105 Å². The van der Waals surface area contributed by atoms with Gasteiger partial charge in [-0.2, -0.15) is 0 Å². The zero-order chi connectivity index (χ0) is 23.2. The molecule has 2 N–H and O–H groups in total. The molecule has 4 aromatic carbocycles. The van der Waals surface area contributed by atoms with Gasteiger partial charge in [0.05, 0.1) is 11.4 Å². The molecule has 4 aromatic rings. The molecule has 0 aliphatic carbocycles. The van der Waals surface area contributed by atoms with Crippen LogP contribution in [-0.2, 0) is 0 Å². The first-order valence-electron chi connectivity index (χ1n) is 11.5. The predicted molar refractivity (Wildman–Crippen MR) is 151 cm³/mol. The van der Waals surface area contributed by atoms with Crippen LogP contribution in [0.15, 0.2) is 115 Å². The van der Waals surface area contributed by atoms with Gasteiger partial charge in [-0.25, -0.2) is 0 Å². The lowest BCUT2D eigenvalue weighted by Crippen LogP contribution is -2.30. The lowest BCUT2D eigenvalue weighted by Gasteiger charge is -2.32. The molecule has 0 aromatic heterocycles. The fraction of sp³-hybridized carbons (Fsp3) is 0.107. The minimum atomic E-state index is -0.667. The van der Waals surface area contributed by atoms with E-state index in [4.69, 9.17) is 12.2 Å². The van der Waals surface area contributed by atoms with Crippen LogP contribution in [0.5, 0.6) is 0 Å². The number of fused-ring (bicyclic) bond motifs is 1. The number of para-hydroxylation sites is 5. The van der Waals surface area contributed by atoms with Crippen LogP contribution in [0.25, 0.3) is 0 Å². The highest BCUT2D eigenvalue weighted by Crippen LogP contribution is 2.65. The molecule has 1 aliphatic heterocycles. The average Bonchev–Trinajstić information content (AvgIpc) is 3.22. The van der Waals surface area contributed by atoms with Crippen molar-refractivity contribution in [1.29, 1.82) is 0 Å². The summed E-state index contributed by atoms with van der Waals surface area (Å²) in [7, 11) is -0.667. The smallest absolute Gasteiger partial charge is 0.170 e. The number of rotatable bonds is 7. The number of nitrogens with zero attached hydrogens (tertiary/aromatic N) is 2. The Morgan fingerprint density at radius 3 is 1.65 bits per heavy atom. The molecule has 34 heavy (non-hydrogen) atoms. The highest BCUT2D eigenvalue weighted by Gasteiger charge is 2.37. The summed E-state index contributed by atoms with van der Waals surface area (Å²) in [5, 5.41) is 7.30. The lowest BCUT2D eigenvalue weighted by molar-refractivity contribution is 0.849. The molecule has 0 radical (unpaired) electrons. The van der Waals surface area contributed by atoms with Crippen LogP contribution >= 0.6 is 20.4 Å². The molecule has 0 fully saturated rings. The highest BCUT2D eigenvalue weighted by atomic mass is 32.1. The molecular formula is C28H27N4PS. The fourth-order valence-corrected chi connectivity index (χ4v) is 7.04. The molecule has 0 atom stereocenters. The van der Waals surface area contributed by atoms with Crippen molar-refractivity contribution in [3.63, 3.8) is 0 Å². The summed E-state index contributed by atoms with van der Waals surface area (Å²) in [6.45, 7) is 0.819. The normalized spacial score (nSPS) is 12.9. The van der Waals surface area contributed by atoms with Crippen LogP contribution in [-0.4, -0.2) is 17.8 Å². The van der Waals surface area contributed by atoms with E-state index in [0.717, 1.165) is 24.8 Å². The van der Waals surface area contributed by atoms with Crippen molar-refractivity contribution in [2.75, 3.05) is 27.4 Å². The molecule has 0 amide bonds. The molecule has 5 rings (SSSR count). The Labute approximate surface area is 208 Å². The Morgan fingerprint density at radius 1 is 0.647 bits per heavy atom. The van der Waals surface area contributed by atoms with Crippen LogP contribution in [0.1, 0.15) is 6.42 Å². The van der Waals surface area contributed by atoms with Crippen LogP contribution in [0, 0.1) is 0 Å². The minimum absolute atomic E-state index is 0.661. The van der Waals surface area contributed by atoms with E-state index in [9.17, 15) is 0 Å². The topological polar surface area (TPSA) is 30.5 Å². The number of anilines is 5. The van der Waals surface area contributed by atoms with Crippen molar-refractivity contribution in [1.82, 2.24) is 5.32 Å². The molecule has 0 saturated carbocycles. The summed E-state index contributed by atoms with van der Waals surface area (Å²) in [6.07, 6.45) is 2.04. The van der Waals surface area contributed by atoms with Gasteiger partial charge in [-0.3, -0.25) is 0 Å². The second-order valence-corrected chi connectivity index (χ2v) is 10.4. The summed E-state index contributed by atoms with van der Waals surface area (Å²) in [5.74, 6) is 0. The van der Waals surface area contributed by atoms with E-state index in [1.165, 1.54) is 22.7 Å². The summed E-state index contributed by atoms with van der Waals surface area (Å²) in [6, 6.07) is 40.2. The Hall–Kier alpha value is -3.40. The molecule has 0 saturated heterocycles. The molecule has 1 aliphatic rings. The van der Waals surface area contributed by atoms with E-state index in [1.807, 2.05) is 30.3 Å². The number of nitrogens with one attached hydrogen (secondary N) is 2. The van der Waals surface area contributed by atoms with Gasteiger partial charge in [-0.05, 0) is 67.2 Å². The molecule has 170 valence electrons. The molecule has 0 bridgehead atoms. The summed E-state index contributed by atoms with van der Waals surface area (Å²) in [4.78, 5) is 0. The summed E-state index contributed by atoms with van der Waals surface area (Å²) >= 11 is 5.50. The lowest BCUT2D eigenvalue weighted by atomic mass is 10.2. The number of benzene rings is 4. The summed E-state index contributed by atoms with van der Waals surface area (Å²) < 4.78 is 5.05. The van der Waals surface area contributed by atoms with Gasteiger partial charge in [0, 0.05) is 29.8 Å². The largest absolute Gasteiger partial charge is 0.362 e. The molecule has 4 nitrogen and oxygen atoms in total. The van der Waals surface area contributed by atoms with Gasteiger partial charge in [0.15, 0.2) is 5.11 Å². The maximum absolute atomic E-state index is 5.50. The van der Waals surface area contributed by atoms with Gasteiger partial charge in [0.1, 0.15) is 8.22 Å². The van der Waals surface area contributed by atoms with Crippen LogP contribution in [0.2, 0.25) is 0 Å². The third-order valence-corrected chi connectivity index (χ3v) is 8.43. The van der Waals surface area contributed by atoms with Crippen molar-refractivity contribution in [2.24, 2.45) is 0 Å². The van der Waals surface area contributed by atoms with Crippen molar-refractivity contribution in [3.8, 4) is 0 Å². The number of hydrogen-bond acceptors (Lipinski definition) is 3. The van der Waals surface area contributed by atoms with E-state index in [-0.39, 0.29) is 0 Å². The van der Waals surface area contributed by atoms with Gasteiger partial charge in [0.2, 0.25) is 0 Å². The van der Waals surface area contributed by atoms with Crippen molar-refractivity contribution in [2.45, 2.75) is 6.42 Å². The molecule has 1 heterocycles.